The Morgan fingerprint density at radius 3 is 2.40 bits per heavy atom. The second-order valence-corrected chi connectivity index (χ2v) is 5.92. The Labute approximate surface area is 121 Å². The average molecular weight is 282 g/mol. The van der Waals surface area contributed by atoms with Crippen LogP contribution in [0, 0.1) is 0 Å². The number of nitrogens with two attached hydrogens (primary N) is 1. The Kier molecular flexibility index (Phi) is 6.16. The molecule has 2 amide bonds. The first kappa shape index (κ1) is 16.7. The highest BCUT2D eigenvalue weighted by molar-refractivity contribution is 5.78. The number of piperazine rings is 1. The lowest BCUT2D eigenvalue weighted by atomic mass is 10.0. The molecule has 0 saturated carbocycles. The molecule has 1 fully saturated rings. The lowest BCUT2D eigenvalue weighted by Gasteiger charge is -2.35. The molecule has 1 heterocycles. The zero-order chi connectivity index (χ0) is 15.2. The van der Waals surface area contributed by atoms with Crippen molar-refractivity contribution in [1.82, 2.24) is 15.1 Å². The predicted octanol–water partition coefficient (Wildman–Crippen LogP) is -0.440. The highest BCUT2D eigenvalue weighted by Gasteiger charge is 2.25. The van der Waals surface area contributed by atoms with Gasteiger partial charge in [-0.3, -0.25) is 14.5 Å². The first-order chi connectivity index (χ1) is 9.31. The maximum absolute atomic E-state index is 12.0. The second kappa shape index (κ2) is 7.40. The number of carbonyl (C=O) groups excluding carboxylic acids is 2. The van der Waals surface area contributed by atoms with Crippen molar-refractivity contribution < 1.29 is 9.59 Å². The molecular formula is C14H26N4O2. The summed E-state index contributed by atoms with van der Waals surface area (Å²) >= 11 is 0. The van der Waals surface area contributed by atoms with E-state index < -0.39 is 5.54 Å². The minimum absolute atomic E-state index is 0.00670. The first-order valence-corrected chi connectivity index (χ1v) is 6.98. The molecule has 0 radical (unpaired) electrons. The quantitative estimate of drug-likeness (QED) is 0.647. The van der Waals surface area contributed by atoms with Gasteiger partial charge in [0.15, 0.2) is 0 Å². The van der Waals surface area contributed by atoms with Crippen molar-refractivity contribution >= 4 is 11.8 Å². The fourth-order valence-corrected chi connectivity index (χ4v) is 2.10. The summed E-state index contributed by atoms with van der Waals surface area (Å²) in [5.74, 6) is 0.0843. The molecule has 20 heavy (non-hydrogen) atoms. The Morgan fingerprint density at radius 2 is 1.90 bits per heavy atom. The van der Waals surface area contributed by atoms with Crippen LogP contribution in [-0.2, 0) is 9.59 Å². The van der Waals surface area contributed by atoms with Crippen molar-refractivity contribution in [2.45, 2.75) is 25.8 Å². The molecule has 1 rings (SSSR count). The summed E-state index contributed by atoms with van der Waals surface area (Å²) in [4.78, 5) is 27.5. The smallest absolute Gasteiger partial charge is 0.234 e. The maximum Gasteiger partial charge on any atom is 0.234 e. The average Bonchev–Trinajstić information content (AvgIpc) is 2.35. The third kappa shape index (κ3) is 6.16. The fraction of sp³-hybridized carbons (Fsp3) is 0.714. The topological polar surface area (TPSA) is 78.7 Å². The normalized spacial score (nSPS) is 16.9. The van der Waals surface area contributed by atoms with E-state index in [1.807, 2.05) is 18.7 Å². The van der Waals surface area contributed by atoms with Crippen molar-refractivity contribution in [3.63, 3.8) is 0 Å². The molecule has 6 heteroatoms. The zero-order valence-corrected chi connectivity index (χ0v) is 12.5. The van der Waals surface area contributed by atoms with Gasteiger partial charge in [0.1, 0.15) is 0 Å². The van der Waals surface area contributed by atoms with Gasteiger partial charge in [0.05, 0.1) is 6.54 Å². The molecule has 1 saturated heterocycles. The summed E-state index contributed by atoms with van der Waals surface area (Å²) in [6.07, 6.45) is 2.01. The molecule has 6 nitrogen and oxygen atoms in total. The van der Waals surface area contributed by atoms with Crippen molar-refractivity contribution in [2.75, 3.05) is 39.3 Å². The van der Waals surface area contributed by atoms with Crippen LogP contribution >= 0.6 is 0 Å². The van der Waals surface area contributed by atoms with E-state index in [4.69, 9.17) is 5.73 Å². The molecule has 0 spiro atoms. The van der Waals surface area contributed by atoms with Gasteiger partial charge in [-0.25, -0.2) is 0 Å². The summed E-state index contributed by atoms with van der Waals surface area (Å²) in [6.45, 7) is 10.9. The molecule has 1 aliphatic rings. The molecule has 114 valence electrons. The van der Waals surface area contributed by atoms with Crippen LogP contribution in [0.15, 0.2) is 12.7 Å². The number of amides is 2. The van der Waals surface area contributed by atoms with E-state index in [9.17, 15) is 9.59 Å². The number of hydrogen-bond donors (Lipinski definition) is 2. The van der Waals surface area contributed by atoms with Crippen LogP contribution in [0.3, 0.4) is 0 Å². The Morgan fingerprint density at radius 1 is 1.30 bits per heavy atom. The van der Waals surface area contributed by atoms with Crippen molar-refractivity contribution in [3.8, 4) is 0 Å². The number of hydrogen-bond acceptors (Lipinski definition) is 4. The third-order valence-electron chi connectivity index (χ3n) is 3.14. The van der Waals surface area contributed by atoms with E-state index in [-0.39, 0.29) is 11.8 Å². The van der Waals surface area contributed by atoms with Gasteiger partial charge in [0.25, 0.3) is 0 Å². The standard InChI is InChI=1S/C14H26N4O2/c1-4-5-16-12(19)11-17-6-8-18(9-7-17)13(20)10-14(2,3)15/h4H,1,5-11,15H2,2-3H3,(H,16,19). The number of nitrogens with zero attached hydrogens (tertiary/aromatic N) is 2. The maximum atomic E-state index is 12.0. The van der Waals surface area contributed by atoms with Crippen molar-refractivity contribution in [2.24, 2.45) is 5.73 Å². The van der Waals surface area contributed by atoms with Gasteiger partial charge < -0.3 is 16.0 Å². The highest BCUT2D eigenvalue weighted by Crippen LogP contribution is 2.09. The van der Waals surface area contributed by atoms with Gasteiger partial charge in [-0.15, -0.1) is 6.58 Å². The van der Waals surface area contributed by atoms with E-state index in [0.29, 0.717) is 32.6 Å². The Hall–Kier alpha value is -1.40. The van der Waals surface area contributed by atoms with Crippen molar-refractivity contribution in [1.29, 1.82) is 0 Å². The molecule has 0 aliphatic carbocycles. The van der Waals surface area contributed by atoms with Crippen LogP contribution in [0.4, 0.5) is 0 Å². The Bertz CT molecular complexity index is 355. The van der Waals surface area contributed by atoms with E-state index in [0.717, 1.165) is 13.1 Å². The number of rotatable bonds is 6. The second-order valence-electron chi connectivity index (χ2n) is 5.92. The van der Waals surface area contributed by atoms with E-state index >= 15 is 0 Å². The fourth-order valence-electron chi connectivity index (χ4n) is 2.10. The first-order valence-electron chi connectivity index (χ1n) is 6.98. The molecule has 0 aromatic heterocycles. The lowest BCUT2D eigenvalue weighted by molar-refractivity contribution is -0.134. The van der Waals surface area contributed by atoms with Gasteiger partial charge in [0.2, 0.25) is 11.8 Å². The minimum atomic E-state index is -0.473. The van der Waals surface area contributed by atoms with Crippen molar-refractivity contribution in [3.05, 3.63) is 12.7 Å². The van der Waals surface area contributed by atoms with Gasteiger partial charge in [-0.2, -0.15) is 0 Å². The molecule has 0 atom stereocenters. The summed E-state index contributed by atoms with van der Waals surface area (Å²) in [5, 5.41) is 2.75. The zero-order valence-electron chi connectivity index (χ0n) is 12.5. The van der Waals surface area contributed by atoms with E-state index in [1.54, 1.807) is 6.08 Å². The van der Waals surface area contributed by atoms with E-state index in [1.165, 1.54) is 0 Å². The molecule has 0 aromatic rings. The molecular weight excluding hydrogens is 256 g/mol. The van der Waals surface area contributed by atoms with Gasteiger partial charge in [-0.05, 0) is 13.8 Å². The van der Waals surface area contributed by atoms with Crippen LogP contribution in [0.2, 0.25) is 0 Å². The molecule has 0 bridgehead atoms. The summed E-state index contributed by atoms with van der Waals surface area (Å²) in [5.41, 5.74) is 5.39. The van der Waals surface area contributed by atoms with Gasteiger partial charge >= 0.3 is 0 Å². The number of carbonyl (C=O) groups is 2. The largest absolute Gasteiger partial charge is 0.352 e. The SMILES string of the molecule is C=CCNC(=O)CN1CCN(C(=O)CC(C)(C)N)CC1. The Balaban J connectivity index is 2.31. The monoisotopic (exact) mass is 282 g/mol. The molecule has 3 N–H and O–H groups in total. The molecule has 1 aliphatic heterocycles. The van der Waals surface area contributed by atoms with Gasteiger partial charge in [-0.1, -0.05) is 6.08 Å². The lowest BCUT2D eigenvalue weighted by Crippen LogP contribution is -2.52. The van der Waals surface area contributed by atoms with Crippen LogP contribution in [-0.4, -0.2) is 66.4 Å². The molecule has 0 unspecified atom stereocenters. The van der Waals surface area contributed by atoms with E-state index in [2.05, 4.69) is 16.8 Å². The minimum Gasteiger partial charge on any atom is -0.352 e. The summed E-state index contributed by atoms with van der Waals surface area (Å²) in [7, 11) is 0. The van der Waals surface area contributed by atoms with Crippen LogP contribution in [0.5, 0.6) is 0 Å². The summed E-state index contributed by atoms with van der Waals surface area (Å²) in [6, 6.07) is 0. The van der Waals surface area contributed by atoms with Crippen LogP contribution < -0.4 is 11.1 Å². The summed E-state index contributed by atoms with van der Waals surface area (Å²) < 4.78 is 0. The van der Waals surface area contributed by atoms with Crippen LogP contribution in [0.25, 0.3) is 0 Å². The predicted molar refractivity (Wildman–Crippen MR) is 79.1 cm³/mol. The van der Waals surface area contributed by atoms with Gasteiger partial charge in [0, 0.05) is 44.7 Å². The highest BCUT2D eigenvalue weighted by atomic mass is 16.2. The third-order valence-corrected chi connectivity index (χ3v) is 3.14. The molecule has 0 aromatic carbocycles. The number of nitrogens with one attached hydrogen (secondary N) is 1. The van der Waals surface area contributed by atoms with Crippen LogP contribution in [0.1, 0.15) is 20.3 Å².